The number of amides is 1. The molecule has 0 aromatic heterocycles. The summed E-state index contributed by atoms with van der Waals surface area (Å²) in [5, 5.41) is 9.39. The molecule has 0 spiro atoms. The van der Waals surface area contributed by atoms with E-state index in [1.807, 2.05) is 24.3 Å². The lowest BCUT2D eigenvalue weighted by atomic mass is 9.84. The van der Waals surface area contributed by atoms with Gasteiger partial charge in [-0.2, -0.15) is 0 Å². The van der Waals surface area contributed by atoms with E-state index >= 15 is 0 Å². The van der Waals surface area contributed by atoms with Crippen molar-refractivity contribution in [3.8, 4) is 0 Å². The number of carbonyl (C=O) groups excluding carboxylic acids is 1. The first kappa shape index (κ1) is 22.5. The summed E-state index contributed by atoms with van der Waals surface area (Å²) in [5.74, 6) is 0.753. The second kappa shape index (κ2) is 10.6. The molecule has 0 saturated heterocycles. The predicted octanol–water partition coefficient (Wildman–Crippen LogP) is 3.43. The highest BCUT2D eigenvalue weighted by Crippen LogP contribution is 2.24. The van der Waals surface area contributed by atoms with Gasteiger partial charge in [0.2, 0.25) is 0 Å². The van der Waals surface area contributed by atoms with E-state index in [0.717, 1.165) is 31.0 Å². The van der Waals surface area contributed by atoms with Crippen molar-refractivity contribution in [3.63, 3.8) is 0 Å². The third kappa shape index (κ3) is 6.93. The molecule has 29 heavy (non-hydrogen) atoms. The van der Waals surface area contributed by atoms with Crippen LogP contribution in [0.25, 0.3) is 0 Å². The Balaban J connectivity index is 1.98. The molecule has 0 aliphatic heterocycles. The van der Waals surface area contributed by atoms with Gasteiger partial charge in [0.1, 0.15) is 0 Å². The van der Waals surface area contributed by atoms with Crippen LogP contribution in [0.15, 0.2) is 53.5 Å². The molecule has 2 aromatic carbocycles. The van der Waals surface area contributed by atoms with Gasteiger partial charge in [-0.15, -0.1) is 0 Å². The van der Waals surface area contributed by atoms with E-state index < -0.39 is 0 Å². The van der Waals surface area contributed by atoms with Gasteiger partial charge in [0.15, 0.2) is 5.96 Å². The first-order chi connectivity index (χ1) is 13.9. The zero-order valence-electron chi connectivity index (χ0n) is 18.3. The van der Waals surface area contributed by atoms with Crippen molar-refractivity contribution in [3.05, 3.63) is 70.8 Å². The smallest absolute Gasteiger partial charge is 0.251 e. The van der Waals surface area contributed by atoms with Crippen LogP contribution >= 0.6 is 0 Å². The lowest BCUT2D eigenvalue weighted by Crippen LogP contribution is -2.39. The first-order valence-corrected chi connectivity index (χ1v) is 10.3. The number of nitrogens with zero attached hydrogens (tertiary/aromatic N) is 1. The van der Waals surface area contributed by atoms with Crippen molar-refractivity contribution in [2.45, 2.75) is 39.5 Å². The van der Waals surface area contributed by atoms with Gasteiger partial charge in [0.05, 0.1) is 6.54 Å². The summed E-state index contributed by atoms with van der Waals surface area (Å²) in [6.45, 7) is 10.9. The standard InChI is InChI=1S/C24H34N4O/c1-6-26-23(28-17-24(3,4)21-12-7-9-18(2)15-21)27-14-13-19-10-8-11-20(16-19)22(29)25-5/h7-12,15-16H,6,13-14,17H2,1-5H3,(H,25,29)(H2,26,27,28). The molecule has 0 unspecified atom stereocenters. The number of nitrogens with one attached hydrogen (secondary N) is 3. The van der Waals surface area contributed by atoms with E-state index in [1.54, 1.807) is 7.05 Å². The average molecular weight is 395 g/mol. The molecule has 2 aromatic rings. The number of hydrogen-bond donors (Lipinski definition) is 3. The Kier molecular flexibility index (Phi) is 8.25. The van der Waals surface area contributed by atoms with Crippen molar-refractivity contribution in [1.82, 2.24) is 16.0 Å². The maximum Gasteiger partial charge on any atom is 0.251 e. The van der Waals surface area contributed by atoms with Crippen molar-refractivity contribution < 1.29 is 4.79 Å². The lowest BCUT2D eigenvalue weighted by Gasteiger charge is -2.24. The van der Waals surface area contributed by atoms with Crippen LogP contribution in [0.3, 0.4) is 0 Å². The molecule has 0 heterocycles. The van der Waals surface area contributed by atoms with Crippen LogP contribution in [0.2, 0.25) is 0 Å². The van der Waals surface area contributed by atoms with E-state index in [4.69, 9.17) is 4.99 Å². The quantitative estimate of drug-likeness (QED) is 0.475. The summed E-state index contributed by atoms with van der Waals surface area (Å²) in [7, 11) is 1.65. The third-order valence-corrected chi connectivity index (χ3v) is 4.90. The minimum Gasteiger partial charge on any atom is -0.357 e. The van der Waals surface area contributed by atoms with E-state index in [0.29, 0.717) is 12.1 Å². The first-order valence-electron chi connectivity index (χ1n) is 10.3. The molecule has 5 heteroatoms. The van der Waals surface area contributed by atoms with Gasteiger partial charge in [-0.25, -0.2) is 0 Å². The molecule has 0 aliphatic rings. The minimum absolute atomic E-state index is 0.0454. The molecule has 5 nitrogen and oxygen atoms in total. The van der Waals surface area contributed by atoms with E-state index in [-0.39, 0.29) is 11.3 Å². The Morgan fingerprint density at radius 1 is 1.07 bits per heavy atom. The van der Waals surface area contributed by atoms with E-state index in [2.05, 4.69) is 67.9 Å². The van der Waals surface area contributed by atoms with E-state index in [1.165, 1.54) is 11.1 Å². The van der Waals surface area contributed by atoms with Gasteiger partial charge in [-0.1, -0.05) is 55.8 Å². The highest BCUT2D eigenvalue weighted by atomic mass is 16.1. The summed E-state index contributed by atoms with van der Waals surface area (Å²) < 4.78 is 0. The molecule has 2 rings (SSSR count). The van der Waals surface area contributed by atoms with Crippen LogP contribution in [-0.4, -0.2) is 38.5 Å². The Bertz CT molecular complexity index is 842. The zero-order chi connectivity index (χ0) is 21.3. The van der Waals surface area contributed by atoms with Gasteiger partial charge < -0.3 is 16.0 Å². The average Bonchev–Trinajstić information content (AvgIpc) is 2.71. The van der Waals surface area contributed by atoms with Gasteiger partial charge >= 0.3 is 0 Å². The molecule has 0 fully saturated rings. The number of carbonyl (C=O) groups is 1. The summed E-state index contributed by atoms with van der Waals surface area (Å²) >= 11 is 0. The van der Waals surface area contributed by atoms with Gasteiger partial charge in [0.25, 0.3) is 5.91 Å². The van der Waals surface area contributed by atoms with Crippen molar-refractivity contribution in [2.24, 2.45) is 4.99 Å². The van der Waals surface area contributed by atoms with Crippen molar-refractivity contribution >= 4 is 11.9 Å². The molecule has 156 valence electrons. The molecule has 0 atom stereocenters. The normalized spacial score (nSPS) is 11.8. The van der Waals surface area contributed by atoms with Crippen LogP contribution in [0.5, 0.6) is 0 Å². The molecule has 0 aliphatic carbocycles. The fourth-order valence-electron chi connectivity index (χ4n) is 3.11. The number of guanidine groups is 1. The topological polar surface area (TPSA) is 65.5 Å². The van der Waals surface area contributed by atoms with Gasteiger partial charge in [-0.3, -0.25) is 9.79 Å². The highest BCUT2D eigenvalue weighted by molar-refractivity contribution is 5.94. The minimum atomic E-state index is -0.0620. The summed E-state index contributed by atoms with van der Waals surface area (Å²) in [6.07, 6.45) is 0.816. The van der Waals surface area contributed by atoms with Crippen LogP contribution in [0.1, 0.15) is 47.8 Å². The largest absolute Gasteiger partial charge is 0.357 e. The second-order valence-electron chi connectivity index (χ2n) is 7.90. The van der Waals surface area contributed by atoms with Crippen LogP contribution in [0, 0.1) is 6.92 Å². The number of rotatable bonds is 8. The fourth-order valence-corrected chi connectivity index (χ4v) is 3.11. The molecule has 3 N–H and O–H groups in total. The zero-order valence-corrected chi connectivity index (χ0v) is 18.3. The molecule has 0 bridgehead atoms. The molecule has 1 amide bonds. The fraction of sp³-hybridized carbons (Fsp3) is 0.417. The van der Waals surface area contributed by atoms with Crippen LogP contribution < -0.4 is 16.0 Å². The summed E-state index contributed by atoms with van der Waals surface area (Å²) in [6, 6.07) is 16.3. The second-order valence-corrected chi connectivity index (χ2v) is 7.90. The van der Waals surface area contributed by atoms with Crippen LogP contribution in [0.4, 0.5) is 0 Å². The number of benzene rings is 2. The maximum atomic E-state index is 11.8. The number of hydrogen-bond acceptors (Lipinski definition) is 2. The lowest BCUT2D eigenvalue weighted by molar-refractivity contribution is 0.0963. The predicted molar refractivity (Wildman–Crippen MR) is 122 cm³/mol. The number of aryl methyl sites for hydroxylation is 1. The van der Waals surface area contributed by atoms with Crippen molar-refractivity contribution in [1.29, 1.82) is 0 Å². The molecular formula is C24H34N4O. The van der Waals surface area contributed by atoms with Crippen LogP contribution in [-0.2, 0) is 11.8 Å². The highest BCUT2D eigenvalue weighted by Gasteiger charge is 2.20. The maximum absolute atomic E-state index is 11.8. The molecule has 0 radical (unpaired) electrons. The molecule has 0 saturated carbocycles. The Labute approximate surface area is 175 Å². The number of aliphatic imine (C=N–C) groups is 1. The Hall–Kier alpha value is -2.82. The van der Waals surface area contributed by atoms with Gasteiger partial charge in [-0.05, 0) is 43.5 Å². The summed E-state index contributed by atoms with van der Waals surface area (Å²) in [4.78, 5) is 16.6. The van der Waals surface area contributed by atoms with Gasteiger partial charge in [0, 0.05) is 31.1 Å². The van der Waals surface area contributed by atoms with Crippen molar-refractivity contribution in [2.75, 3.05) is 26.7 Å². The monoisotopic (exact) mass is 394 g/mol. The van der Waals surface area contributed by atoms with E-state index in [9.17, 15) is 4.79 Å². The molecular weight excluding hydrogens is 360 g/mol. The Morgan fingerprint density at radius 2 is 1.83 bits per heavy atom. The SMILES string of the molecule is CCNC(=NCC(C)(C)c1cccc(C)c1)NCCc1cccc(C(=O)NC)c1. The summed E-state index contributed by atoms with van der Waals surface area (Å²) in [5.41, 5.74) is 4.32. The third-order valence-electron chi connectivity index (χ3n) is 4.90. The Morgan fingerprint density at radius 3 is 2.52 bits per heavy atom.